The summed E-state index contributed by atoms with van der Waals surface area (Å²) in [7, 11) is 0. The van der Waals surface area contributed by atoms with Crippen LogP contribution in [0.15, 0.2) is 55.1 Å². The van der Waals surface area contributed by atoms with Crippen LogP contribution in [-0.2, 0) is 17.8 Å². The van der Waals surface area contributed by atoms with Crippen molar-refractivity contribution in [3.05, 3.63) is 71.9 Å². The molecule has 0 saturated heterocycles. The molecule has 29 heavy (non-hydrogen) atoms. The molecular weight excluding hydrogens is 366 g/mol. The van der Waals surface area contributed by atoms with Crippen molar-refractivity contribution in [2.24, 2.45) is 0 Å². The van der Waals surface area contributed by atoms with Crippen LogP contribution in [0, 0.1) is 0 Å². The molecule has 1 aliphatic heterocycles. The second-order valence-electron chi connectivity index (χ2n) is 7.11. The molecule has 1 N–H and O–H groups in total. The van der Waals surface area contributed by atoms with Gasteiger partial charge in [-0.2, -0.15) is 0 Å². The van der Waals surface area contributed by atoms with Crippen molar-refractivity contribution in [1.82, 2.24) is 19.4 Å². The van der Waals surface area contributed by atoms with Gasteiger partial charge in [-0.3, -0.25) is 14.2 Å². The summed E-state index contributed by atoms with van der Waals surface area (Å²) in [6, 6.07) is 11.8. The van der Waals surface area contributed by atoms with E-state index >= 15 is 0 Å². The van der Waals surface area contributed by atoms with Gasteiger partial charge in [-0.1, -0.05) is 31.2 Å². The molecule has 0 radical (unpaired) electrons. The minimum Gasteiger partial charge on any atom is -0.333 e. The number of fused-ring (bicyclic) bond motifs is 1. The minimum absolute atomic E-state index is 0.0272. The number of amides is 2. The average molecular weight is 389 g/mol. The molecule has 3 heterocycles. The number of anilines is 1. The van der Waals surface area contributed by atoms with Crippen LogP contribution in [0.3, 0.4) is 0 Å². The number of nitrogens with zero attached hydrogens (tertiary/aromatic N) is 4. The zero-order chi connectivity index (χ0) is 20.2. The molecule has 2 aromatic heterocycles. The highest BCUT2D eigenvalue weighted by Crippen LogP contribution is 2.20. The van der Waals surface area contributed by atoms with E-state index < -0.39 is 0 Å². The van der Waals surface area contributed by atoms with Gasteiger partial charge in [-0.25, -0.2) is 9.97 Å². The maximum absolute atomic E-state index is 12.9. The fourth-order valence-corrected chi connectivity index (χ4v) is 3.45. The van der Waals surface area contributed by atoms with E-state index in [2.05, 4.69) is 27.4 Å². The summed E-state index contributed by atoms with van der Waals surface area (Å²) >= 11 is 0. The molecule has 0 unspecified atom stereocenters. The number of aromatic nitrogens is 3. The highest BCUT2D eigenvalue weighted by atomic mass is 16.2. The summed E-state index contributed by atoms with van der Waals surface area (Å²) in [5, 5.41) is 2.81. The van der Waals surface area contributed by atoms with E-state index in [4.69, 9.17) is 0 Å². The summed E-state index contributed by atoms with van der Waals surface area (Å²) in [5.74, 6) is 0.524. The third kappa shape index (κ3) is 4.18. The van der Waals surface area contributed by atoms with Gasteiger partial charge in [0, 0.05) is 25.7 Å². The summed E-state index contributed by atoms with van der Waals surface area (Å²) in [6.45, 7) is 3.25. The van der Waals surface area contributed by atoms with Crippen LogP contribution in [0.25, 0.3) is 5.82 Å². The Morgan fingerprint density at radius 2 is 1.93 bits per heavy atom. The molecule has 148 valence electrons. The van der Waals surface area contributed by atoms with Gasteiger partial charge >= 0.3 is 0 Å². The van der Waals surface area contributed by atoms with Crippen molar-refractivity contribution in [3.63, 3.8) is 0 Å². The summed E-state index contributed by atoms with van der Waals surface area (Å²) in [4.78, 5) is 35.0. The van der Waals surface area contributed by atoms with E-state index in [-0.39, 0.29) is 11.8 Å². The van der Waals surface area contributed by atoms with E-state index in [9.17, 15) is 9.59 Å². The maximum Gasteiger partial charge on any atom is 0.274 e. The summed E-state index contributed by atoms with van der Waals surface area (Å²) < 4.78 is 1.71. The molecule has 0 bridgehead atoms. The zero-order valence-electron chi connectivity index (χ0n) is 16.3. The molecule has 7 heteroatoms. The molecule has 0 fully saturated rings. The minimum atomic E-state index is -0.0818. The molecule has 1 aromatic carbocycles. The number of carbonyl (C=O) groups is 2. The van der Waals surface area contributed by atoms with Crippen LogP contribution in [-0.4, -0.2) is 37.8 Å². The Labute approximate surface area is 169 Å². The van der Waals surface area contributed by atoms with Crippen LogP contribution in [0.1, 0.15) is 41.4 Å². The Kier molecular flexibility index (Phi) is 5.37. The van der Waals surface area contributed by atoms with Crippen molar-refractivity contribution < 1.29 is 9.59 Å². The molecule has 0 aliphatic carbocycles. The number of carbonyl (C=O) groups excluding carboxylic acids is 2. The number of hydrogen-bond donors (Lipinski definition) is 1. The second kappa shape index (κ2) is 8.26. The van der Waals surface area contributed by atoms with Crippen molar-refractivity contribution in [2.75, 3.05) is 11.9 Å². The second-order valence-corrected chi connectivity index (χ2v) is 7.11. The van der Waals surface area contributed by atoms with Crippen LogP contribution in [0.4, 0.5) is 5.69 Å². The Morgan fingerprint density at radius 3 is 2.69 bits per heavy atom. The number of hydrogen-bond acceptors (Lipinski definition) is 4. The van der Waals surface area contributed by atoms with Gasteiger partial charge < -0.3 is 10.2 Å². The van der Waals surface area contributed by atoms with Crippen LogP contribution in [0.2, 0.25) is 0 Å². The van der Waals surface area contributed by atoms with Gasteiger partial charge in [-0.15, -0.1) is 0 Å². The lowest BCUT2D eigenvalue weighted by Crippen LogP contribution is -2.36. The number of pyridine rings is 1. The predicted molar refractivity (Wildman–Crippen MR) is 110 cm³/mol. The maximum atomic E-state index is 12.9. The first kappa shape index (κ1) is 18.9. The van der Waals surface area contributed by atoms with Crippen molar-refractivity contribution in [2.45, 2.75) is 32.7 Å². The lowest BCUT2D eigenvalue weighted by Gasteiger charge is -2.28. The topological polar surface area (TPSA) is 80.1 Å². The lowest BCUT2D eigenvalue weighted by atomic mass is 10.00. The molecule has 2 amide bonds. The number of nitrogens with one attached hydrogen (secondary N) is 1. The SMILES string of the molecule is CCCC(=O)Nc1ccc(-n2cnc(C(=O)N3CCc4ccccc4C3)c2)nc1. The fourth-order valence-electron chi connectivity index (χ4n) is 3.45. The van der Waals surface area contributed by atoms with Gasteiger partial charge in [0.15, 0.2) is 0 Å². The standard InChI is InChI=1S/C22H23N5O2/c1-2-5-21(28)25-18-8-9-20(23-12-18)27-14-19(24-15-27)22(29)26-11-10-16-6-3-4-7-17(16)13-26/h3-4,6-9,12,14-15H,2,5,10-11,13H2,1H3,(H,25,28). The Hall–Kier alpha value is -3.48. The number of imidazole rings is 1. The third-order valence-electron chi connectivity index (χ3n) is 4.99. The third-order valence-corrected chi connectivity index (χ3v) is 4.99. The van der Waals surface area contributed by atoms with E-state index in [1.54, 1.807) is 35.4 Å². The molecule has 0 saturated carbocycles. The monoisotopic (exact) mass is 389 g/mol. The van der Waals surface area contributed by atoms with E-state index in [1.807, 2.05) is 24.0 Å². The van der Waals surface area contributed by atoms with E-state index in [0.717, 1.165) is 12.8 Å². The molecule has 1 aliphatic rings. The lowest BCUT2D eigenvalue weighted by molar-refractivity contribution is -0.116. The highest BCUT2D eigenvalue weighted by molar-refractivity contribution is 5.92. The van der Waals surface area contributed by atoms with Crippen LogP contribution >= 0.6 is 0 Å². The number of benzene rings is 1. The van der Waals surface area contributed by atoms with Gasteiger partial charge in [0.25, 0.3) is 5.91 Å². The first-order valence-corrected chi connectivity index (χ1v) is 9.80. The Balaban J connectivity index is 1.44. The first-order valence-electron chi connectivity index (χ1n) is 9.80. The molecule has 4 rings (SSSR count). The van der Waals surface area contributed by atoms with Gasteiger partial charge in [-0.05, 0) is 36.1 Å². The highest BCUT2D eigenvalue weighted by Gasteiger charge is 2.23. The van der Waals surface area contributed by atoms with Gasteiger partial charge in [0.2, 0.25) is 5.91 Å². The number of rotatable bonds is 5. The molecular formula is C22H23N5O2. The smallest absolute Gasteiger partial charge is 0.274 e. The largest absolute Gasteiger partial charge is 0.333 e. The van der Waals surface area contributed by atoms with E-state index in [1.165, 1.54) is 11.1 Å². The molecule has 7 nitrogen and oxygen atoms in total. The Bertz CT molecular complexity index is 1030. The Morgan fingerprint density at radius 1 is 1.10 bits per heavy atom. The quantitative estimate of drug-likeness (QED) is 0.727. The average Bonchev–Trinajstić information content (AvgIpc) is 3.24. The summed E-state index contributed by atoms with van der Waals surface area (Å²) in [6.07, 6.45) is 7.02. The molecule has 3 aromatic rings. The van der Waals surface area contributed by atoms with Crippen molar-refractivity contribution in [1.29, 1.82) is 0 Å². The predicted octanol–water partition coefficient (Wildman–Crippen LogP) is 3.20. The normalized spacial score (nSPS) is 13.1. The zero-order valence-corrected chi connectivity index (χ0v) is 16.3. The van der Waals surface area contributed by atoms with Gasteiger partial charge in [0.05, 0.1) is 11.9 Å². The molecule has 0 atom stereocenters. The van der Waals surface area contributed by atoms with Crippen molar-refractivity contribution in [3.8, 4) is 5.82 Å². The first-order chi connectivity index (χ1) is 14.1. The van der Waals surface area contributed by atoms with Crippen LogP contribution < -0.4 is 5.32 Å². The van der Waals surface area contributed by atoms with E-state index in [0.29, 0.717) is 36.7 Å². The van der Waals surface area contributed by atoms with Crippen molar-refractivity contribution >= 4 is 17.5 Å². The van der Waals surface area contributed by atoms with Gasteiger partial charge in [0.1, 0.15) is 17.8 Å². The molecule has 0 spiro atoms. The fraction of sp³-hybridized carbons (Fsp3) is 0.273. The summed E-state index contributed by atoms with van der Waals surface area (Å²) in [5.41, 5.74) is 3.54. The van der Waals surface area contributed by atoms with Crippen LogP contribution in [0.5, 0.6) is 0 Å².